The van der Waals surface area contributed by atoms with Crippen molar-refractivity contribution in [1.82, 2.24) is 10.2 Å². The van der Waals surface area contributed by atoms with Crippen molar-refractivity contribution in [2.75, 3.05) is 13.6 Å². The van der Waals surface area contributed by atoms with Crippen LogP contribution in [0.15, 0.2) is 21.2 Å². The number of furan rings is 1. The molecule has 0 fully saturated rings. The highest BCUT2D eigenvalue weighted by molar-refractivity contribution is 9.10. The van der Waals surface area contributed by atoms with Gasteiger partial charge in [0.1, 0.15) is 11.4 Å². The molecule has 0 bridgehead atoms. The minimum atomic E-state index is -0.516. The largest absolute Gasteiger partial charge is 0.452 e. The summed E-state index contributed by atoms with van der Waals surface area (Å²) in [6.45, 7) is 6.24. The van der Waals surface area contributed by atoms with E-state index >= 15 is 0 Å². The summed E-state index contributed by atoms with van der Waals surface area (Å²) in [6, 6.07) is 3.61. The third-order valence-corrected chi connectivity index (χ3v) is 3.11. The maximum Gasteiger partial charge on any atom is 0.407 e. The van der Waals surface area contributed by atoms with Crippen LogP contribution >= 0.6 is 15.9 Å². The number of amides is 2. The molecule has 22 heavy (non-hydrogen) atoms. The number of ether oxygens (including phenoxy) is 1. The molecule has 0 saturated heterocycles. The standard InChI is InChI=1S/C15H23BrN2O4/c1-15(2,3)22-14(20)17-9-5-6-13(19)18(4)10-11-7-8-12(16)21-11/h7-8H,5-6,9-10H2,1-4H3,(H,17,20). The topological polar surface area (TPSA) is 71.8 Å². The first-order valence-electron chi connectivity index (χ1n) is 7.12. The number of hydrogen-bond acceptors (Lipinski definition) is 4. The van der Waals surface area contributed by atoms with Gasteiger partial charge < -0.3 is 19.4 Å². The summed E-state index contributed by atoms with van der Waals surface area (Å²) in [5, 5.41) is 2.63. The van der Waals surface area contributed by atoms with Gasteiger partial charge >= 0.3 is 6.09 Å². The van der Waals surface area contributed by atoms with Crippen molar-refractivity contribution in [2.24, 2.45) is 0 Å². The van der Waals surface area contributed by atoms with Crippen LogP contribution in [0.4, 0.5) is 4.79 Å². The third-order valence-electron chi connectivity index (χ3n) is 2.68. The Morgan fingerprint density at radius 2 is 2.05 bits per heavy atom. The van der Waals surface area contributed by atoms with E-state index in [0.717, 1.165) is 5.76 Å². The average Bonchev–Trinajstić information content (AvgIpc) is 2.77. The molecule has 0 aliphatic rings. The number of halogens is 1. The quantitative estimate of drug-likeness (QED) is 0.775. The zero-order valence-electron chi connectivity index (χ0n) is 13.4. The fourth-order valence-corrected chi connectivity index (χ4v) is 2.03. The van der Waals surface area contributed by atoms with Crippen LogP contribution in [0.5, 0.6) is 0 Å². The van der Waals surface area contributed by atoms with E-state index in [0.29, 0.717) is 30.6 Å². The van der Waals surface area contributed by atoms with Gasteiger partial charge in [-0.3, -0.25) is 4.79 Å². The van der Waals surface area contributed by atoms with E-state index in [4.69, 9.17) is 9.15 Å². The second-order valence-electron chi connectivity index (χ2n) is 5.99. The maximum atomic E-state index is 12.0. The van der Waals surface area contributed by atoms with Crippen LogP contribution in [0.1, 0.15) is 39.4 Å². The fraction of sp³-hybridized carbons (Fsp3) is 0.600. The van der Waals surface area contributed by atoms with E-state index in [2.05, 4.69) is 21.2 Å². The Morgan fingerprint density at radius 3 is 2.59 bits per heavy atom. The van der Waals surface area contributed by atoms with Crippen molar-refractivity contribution in [2.45, 2.75) is 45.8 Å². The summed E-state index contributed by atoms with van der Waals surface area (Å²) in [5.41, 5.74) is -0.516. The van der Waals surface area contributed by atoms with Crippen LogP contribution < -0.4 is 5.32 Å². The molecule has 0 spiro atoms. The van der Waals surface area contributed by atoms with Crippen molar-refractivity contribution in [3.63, 3.8) is 0 Å². The highest BCUT2D eigenvalue weighted by atomic mass is 79.9. The van der Waals surface area contributed by atoms with E-state index in [-0.39, 0.29) is 5.91 Å². The van der Waals surface area contributed by atoms with Crippen LogP contribution in [0.3, 0.4) is 0 Å². The summed E-state index contributed by atoms with van der Waals surface area (Å²) in [4.78, 5) is 25.0. The Labute approximate surface area is 139 Å². The molecule has 2 amide bonds. The monoisotopic (exact) mass is 374 g/mol. The molecule has 1 aromatic rings. The molecular weight excluding hydrogens is 352 g/mol. The highest BCUT2D eigenvalue weighted by Gasteiger charge is 2.16. The van der Waals surface area contributed by atoms with Gasteiger partial charge in [0, 0.05) is 20.0 Å². The van der Waals surface area contributed by atoms with E-state index < -0.39 is 11.7 Å². The van der Waals surface area contributed by atoms with Crippen molar-refractivity contribution in [1.29, 1.82) is 0 Å². The number of carbonyl (C=O) groups excluding carboxylic acids is 2. The lowest BCUT2D eigenvalue weighted by molar-refractivity contribution is -0.130. The molecule has 6 nitrogen and oxygen atoms in total. The second kappa shape index (κ2) is 8.22. The minimum Gasteiger partial charge on any atom is -0.452 e. The predicted octanol–water partition coefficient (Wildman–Crippen LogP) is 3.31. The summed E-state index contributed by atoms with van der Waals surface area (Å²) in [5.74, 6) is 0.716. The Morgan fingerprint density at radius 1 is 1.36 bits per heavy atom. The van der Waals surface area contributed by atoms with Crippen molar-refractivity contribution >= 4 is 27.9 Å². The smallest absolute Gasteiger partial charge is 0.407 e. The number of carbonyl (C=O) groups is 2. The molecule has 0 radical (unpaired) electrons. The van der Waals surface area contributed by atoms with Crippen LogP contribution in [-0.2, 0) is 16.1 Å². The number of nitrogens with zero attached hydrogens (tertiary/aromatic N) is 1. The highest BCUT2D eigenvalue weighted by Crippen LogP contribution is 2.15. The molecule has 0 unspecified atom stereocenters. The molecule has 0 saturated carbocycles. The van der Waals surface area contributed by atoms with Gasteiger partial charge in [-0.2, -0.15) is 0 Å². The van der Waals surface area contributed by atoms with Crippen LogP contribution in [0.2, 0.25) is 0 Å². The van der Waals surface area contributed by atoms with Gasteiger partial charge in [-0.05, 0) is 55.3 Å². The molecule has 1 N–H and O–H groups in total. The zero-order valence-corrected chi connectivity index (χ0v) is 15.0. The van der Waals surface area contributed by atoms with Crippen molar-refractivity contribution in [3.8, 4) is 0 Å². The molecule has 1 aromatic heterocycles. The lowest BCUT2D eigenvalue weighted by Gasteiger charge is -2.20. The number of nitrogens with one attached hydrogen (secondary N) is 1. The normalized spacial score (nSPS) is 11.1. The molecule has 0 aromatic carbocycles. The van der Waals surface area contributed by atoms with Gasteiger partial charge in [-0.1, -0.05) is 0 Å². The number of alkyl carbamates (subject to hydrolysis) is 1. The second-order valence-corrected chi connectivity index (χ2v) is 6.77. The Kier molecular flexibility index (Phi) is 6.93. The summed E-state index contributed by atoms with van der Waals surface area (Å²) >= 11 is 3.22. The van der Waals surface area contributed by atoms with E-state index in [1.165, 1.54) is 0 Å². The molecule has 1 rings (SSSR count). The first-order valence-corrected chi connectivity index (χ1v) is 7.92. The van der Waals surface area contributed by atoms with Crippen molar-refractivity contribution < 1.29 is 18.7 Å². The van der Waals surface area contributed by atoms with E-state index in [9.17, 15) is 9.59 Å². The van der Waals surface area contributed by atoms with E-state index in [1.807, 2.05) is 6.07 Å². The summed E-state index contributed by atoms with van der Waals surface area (Å²) in [6.07, 6.45) is 0.451. The Balaban J connectivity index is 2.21. The van der Waals surface area contributed by atoms with Crippen LogP contribution in [0.25, 0.3) is 0 Å². The van der Waals surface area contributed by atoms with Gasteiger partial charge in [-0.15, -0.1) is 0 Å². The summed E-state index contributed by atoms with van der Waals surface area (Å²) in [7, 11) is 1.72. The molecule has 0 aliphatic heterocycles. The molecular formula is C15H23BrN2O4. The van der Waals surface area contributed by atoms with Gasteiger partial charge in [-0.25, -0.2) is 4.79 Å². The predicted molar refractivity (Wildman–Crippen MR) is 86.4 cm³/mol. The fourth-order valence-electron chi connectivity index (χ4n) is 1.69. The zero-order chi connectivity index (χ0) is 16.8. The Bertz CT molecular complexity index is 508. The first-order chi connectivity index (χ1) is 10.2. The maximum absolute atomic E-state index is 12.0. The lowest BCUT2D eigenvalue weighted by atomic mass is 10.2. The minimum absolute atomic E-state index is 0.00138. The lowest BCUT2D eigenvalue weighted by Crippen LogP contribution is -2.33. The molecule has 0 atom stereocenters. The molecule has 1 heterocycles. The van der Waals surface area contributed by atoms with Crippen LogP contribution in [-0.4, -0.2) is 36.1 Å². The molecule has 124 valence electrons. The number of rotatable bonds is 6. The van der Waals surface area contributed by atoms with E-state index in [1.54, 1.807) is 38.8 Å². The molecule has 7 heteroatoms. The van der Waals surface area contributed by atoms with Gasteiger partial charge in [0.2, 0.25) is 5.91 Å². The molecule has 0 aliphatic carbocycles. The van der Waals surface area contributed by atoms with Crippen molar-refractivity contribution in [3.05, 3.63) is 22.6 Å². The third kappa shape index (κ3) is 7.49. The van der Waals surface area contributed by atoms with Crippen LogP contribution in [0, 0.1) is 0 Å². The SMILES string of the molecule is CN(Cc1ccc(Br)o1)C(=O)CCCNC(=O)OC(C)(C)C. The van der Waals surface area contributed by atoms with Gasteiger partial charge in [0.05, 0.1) is 6.54 Å². The first kappa shape index (κ1) is 18.5. The Hall–Kier alpha value is -1.50. The van der Waals surface area contributed by atoms with Gasteiger partial charge in [0.15, 0.2) is 4.67 Å². The van der Waals surface area contributed by atoms with Gasteiger partial charge in [0.25, 0.3) is 0 Å². The average molecular weight is 375 g/mol. The summed E-state index contributed by atoms with van der Waals surface area (Å²) < 4.78 is 11.1. The number of hydrogen-bond donors (Lipinski definition) is 1.